The largest absolute Gasteiger partial charge is 0.354 e. The third kappa shape index (κ3) is 3.70. The van der Waals surface area contributed by atoms with Crippen LogP contribution in [-0.2, 0) is 4.79 Å². The van der Waals surface area contributed by atoms with Crippen LogP contribution < -0.4 is 10.6 Å². The van der Waals surface area contributed by atoms with Crippen LogP contribution in [0, 0.1) is 5.92 Å². The van der Waals surface area contributed by atoms with Crippen molar-refractivity contribution in [2.75, 3.05) is 12.3 Å². The normalized spacial score (nSPS) is 38.0. The molecule has 0 aromatic rings. The van der Waals surface area contributed by atoms with Crippen molar-refractivity contribution < 1.29 is 4.79 Å². The zero-order valence-corrected chi connectivity index (χ0v) is 13.2. The van der Waals surface area contributed by atoms with Crippen LogP contribution in [-0.4, -0.2) is 35.5 Å². The van der Waals surface area contributed by atoms with Crippen LogP contribution in [0.3, 0.4) is 0 Å². The summed E-state index contributed by atoms with van der Waals surface area (Å²) in [5.74, 6) is 2.35. The number of piperidine rings is 1. The summed E-state index contributed by atoms with van der Waals surface area (Å²) in [7, 11) is 0. The van der Waals surface area contributed by atoms with E-state index in [0.717, 1.165) is 18.9 Å². The topological polar surface area (TPSA) is 41.1 Å². The van der Waals surface area contributed by atoms with E-state index in [9.17, 15) is 4.79 Å². The molecular weight excluding hydrogens is 268 g/mol. The van der Waals surface area contributed by atoms with Crippen molar-refractivity contribution in [3.8, 4) is 0 Å². The van der Waals surface area contributed by atoms with E-state index in [1.165, 1.54) is 57.1 Å². The lowest BCUT2D eigenvalue weighted by atomic mass is 9.77. The van der Waals surface area contributed by atoms with E-state index in [2.05, 4.69) is 10.6 Å². The van der Waals surface area contributed by atoms with Gasteiger partial charge in [0, 0.05) is 17.8 Å². The second-order valence-corrected chi connectivity index (χ2v) is 8.09. The van der Waals surface area contributed by atoms with Crippen LogP contribution in [0.4, 0.5) is 0 Å². The summed E-state index contributed by atoms with van der Waals surface area (Å²) in [5, 5.41) is 7.47. The lowest BCUT2D eigenvalue weighted by Gasteiger charge is -2.40. The van der Waals surface area contributed by atoms with Crippen LogP contribution in [0.25, 0.3) is 0 Å². The summed E-state index contributed by atoms with van der Waals surface area (Å²) < 4.78 is 0. The Hall–Kier alpha value is -0.220. The molecule has 0 bridgehead atoms. The van der Waals surface area contributed by atoms with Gasteiger partial charge < -0.3 is 10.6 Å². The molecular formula is C16H28N2OS. The molecule has 0 spiro atoms. The number of hydrogen-bond acceptors (Lipinski definition) is 3. The SMILES string of the molecule is O=C(NCC1CCCCS1)C1CCC2CCCCC2N1. The number of carbonyl (C=O) groups is 1. The van der Waals surface area contributed by atoms with Gasteiger partial charge in [-0.3, -0.25) is 4.79 Å². The molecule has 2 aliphatic heterocycles. The molecule has 4 atom stereocenters. The summed E-state index contributed by atoms with van der Waals surface area (Å²) in [6.45, 7) is 0.871. The van der Waals surface area contributed by atoms with E-state index in [4.69, 9.17) is 0 Å². The first-order valence-corrected chi connectivity index (χ1v) is 9.53. The fourth-order valence-electron chi connectivity index (χ4n) is 4.01. The summed E-state index contributed by atoms with van der Waals surface area (Å²) in [6.07, 6.45) is 11.6. The highest BCUT2D eigenvalue weighted by molar-refractivity contribution is 7.99. The molecule has 3 fully saturated rings. The van der Waals surface area contributed by atoms with E-state index < -0.39 is 0 Å². The molecule has 3 rings (SSSR count). The Bertz CT molecular complexity index is 330. The van der Waals surface area contributed by atoms with Crippen LogP contribution in [0.5, 0.6) is 0 Å². The predicted octanol–water partition coefficient (Wildman–Crippen LogP) is 2.70. The van der Waals surface area contributed by atoms with Crippen LogP contribution >= 0.6 is 11.8 Å². The standard InChI is InChI=1S/C16H28N2OS/c19-16(17-11-13-6-3-4-10-20-13)15-9-8-12-5-1-2-7-14(12)18-15/h12-15,18H,1-11H2,(H,17,19). The number of carbonyl (C=O) groups excluding carboxylic acids is 1. The number of fused-ring (bicyclic) bond motifs is 1. The Kier molecular flexibility index (Phi) is 5.27. The van der Waals surface area contributed by atoms with E-state index in [1.807, 2.05) is 11.8 Å². The molecule has 0 aromatic heterocycles. The zero-order valence-electron chi connectivity index (χ0n) is 12.4. The minimum Gasteiger partial charge on any atom is -0.354 e. The average molecular weight is 296 g/mol. The van der Waals surface area contributed by atoms with Crippen molar-refractivity contribution in [1.29, 1.82) is 0 Å². The van der Waals surface area contributed by atoms with Crippen LogP contribution in [0.2, 0.25) is 0 Å². The molecule has 3 nitrogen and oxygen atoms in total. The highest BCUT2D eigenvalue weighted by Crippen LogP contribution is 2.32. The minimum absolute atomic E-state index is 0.0722. The van der Waals surface area contributed by atoms with Crippen molar-refractivity contribution >= 4 is 17.7 Å². The van der Waals surface area contributed by atoms with Gasteiger partial charge in [0.05, 0.1) is 6.04 Å². The molecule has 2 N–H and O–H groups in total. The Morgan fingerprint density at radius 1 is 1.05 bits per heavy atom. The fourth-order valence-corrected chi connectivity index (χ4v) is 5.25. The fraction of sp³-hybridized carbons (Fsp3) is 0.938. The number of amides is 1. The molecule has 2 heterocycles. The van der Waals surface area contributed by atoms with Crippen molar-refractivity contribution in [3.63, 3.8) is 0 Å². The second kappa shape index (κ2) is 7.17. The molecule has 114 valence electrons. The lowest BCUT2D eigenvalue weighted by Crippen LogP contribution is -2.55. The van der Waals surface area contributed by atoms with E-state index in [-0.39, 0.29) is 11.9 Å². The molecule has 0 aromatic carbocycles. The average Bonchev–Trinajstić information content (AvgIpc) is 2.53. The molecule has 1 saturated carbocycles. The molecule has 1 aliphatic carbocycles. The van der Waals surface area contributed by atoms with Gasteiger partial charge in [0.15, 0.2) is 0 Å². The van der Waals surface area contributed by atoms with E-state index in [1.54, 1.807) is 0 Å². The maximum atomic E-state index is 12.3. The molecule has 1 amide bonds. The first-order valence-electron chi connectivity index (χ1n) is 8.48. The Balaban J connectivity index is 1.42. The maximum Gasteiger partial charge on any atom is 0.237 e. The van der Waals surface area contributed by atoms with Crippen molar-refractivity contribution in [1.82, 2.24) is 10.6 Å². The van der Waals surface area contributed by atoms with Gasteiger partial charge in [-0.05, 0) is 50.2 Å². The third-order valence-corrected chi connectivity index (χ3v) is 6.64. The summed E-state index contributed by atoms with van der Waals surface area (Å²) >= 11 is 2.03. The molecule has 3 aliphatic rings. The van der Waals surface area contributed by atoms with Gasteiger partial charge in [-0.1, -0.05) is 19.3 Å². The first-order chi connectivity index (χ1) is 9.83. The Morgan fingerprint density at radius 3 is 2.75 bits per heavy atom. The van der Waals surface area contributed by atoms with Gasteiger partial charge in [0.2, 0.25) is 5.91 Å². The van der Waals surface area contributed by atoms with Crippen molar-refractivity contribution in [2.24, 2.45) is 5.92 Å². The van der Waals surface area contributed by atoms with Gasteiger partial charge in [-0.25, -0.2) is 0 Å². The summed E-state index contributed by atoms with van der Waals surface area (Å²) in [5.41, 5.74) is 0. The first kappa shape index (κ1) is 14.7. The lowest BCUT2D eigenvalue weighted by molar-refractivity contribution is -0.124. The Labute approximate surface area is 127 Å². The molecule has 4 heteroatoms. The molecule has 20 heavy (non-hydrogen) atoms. The predicted molar refractivity (Wildman–Crippen MR) is 85.0 cm³/mol. The number of hydrogen-bond donors (Lipinski definition) is 2. The highest BCUT2D eigenvalue weighted by atomic mass is 32.2. The Morgan fingerprint density at radius 2 is 1.90 bits per heavy atom. The summed E-state index contributed by atoms with van der Waals surface area (Å²) in [6, 6.07) is 0.681. The van der Waals surface area contributed by atoms with Gasteiger partial charge in [-0.15, -0.1) is 0 Å². The van der Waals surface area contributed by atoms with Gasteiger partial charge >= 0.3 is 0 Å². The maximum absolute atomic E-state index is 12.3. The van der Waals surface area contributed by atoms with E-state index >= 15 is 0 Å². The van der Waals surface area contributed by atoms with Crippen LogP contribution in [0.1, 0.15) is 57.8 Å². The molecule has 2 saturated heterocycles. The number of thioether (sulfide) groups is 1. The summed E-state index contributed by atoms with van der Waals surface area (Å²) in [4.78, 5) is 12.3. The molecule has 0 radical (unpaired) electrons. The second-order valence-electron chi connectivity index (χ2n) is 6.68. The minimum atomic E-state index is 0.0722. The smallest absolute Gasteiger partial charge is 0.237 e. The van der Waals surface area contributed by atoms with E-state index in [0.29, 0.717) is 11.3 Å². The van der Waals surface area contributed by atoms with Crippen LogP contribution in [0.15, 0.2) is 0 Å². The van der Waals surface area contributed by atoms with Gasteiger partial charge in [0.1, 0.15) is 0 Å². The zero-order chi connectivity index (χ0) is 13.8. The van der Waals surface area contributed by atoms with Gasteiger partial charge in [-0.2, -0.15) is 11.8 Å². The monoisotopic (exact) mass is 296 g/mol. The van der Waals surface area contributed by atoms with Crippen molar-refractivity contribution in [3.05, 3.63) is 0 Å². The van der Waals surface area contributed by atoms with Crippen molar-refractivity contribution in [2.45, 2.75) is 75.1 Å². The number of rotatable bonds is 3. The number of nitrogens with one attached hydrogen (secondary N) is 2. The molecule has 4 unspecified atom stereocenters. The third-order valence-electron chi connectivity index (χ3n) is 5.24. The highest BCUT2D eigenvalue weighted by Gasteiger charge is 2.34. The van der Waals surface area contributed by atoms with Gasteiger partial charge in [0.25, 0.3) is 0 Å². The quantitative estimate of drug-likeness (QED) is 0.841.